The summed E-state index contributed by atoms with van der Waals surface area (Å²) in [6, 6.07) is 4.32. The lowest BCUT2D eigenvalue weighted by molar-refractivity contribution is 0.142. The van der Waals surface area contributed by atoms with E-state index in [-0.39, 0.29) is 0 Å². The smallest absolute Gasteiger partial charge is 0.120 e. The van der Waals surface area contributed by atoms with E-state index in [2.05, 4.69) is 24.1 Å². The summed E-state index contributed by atoms with van der Waals surface area (Å²) in [5.74, 6) is 0.803. The number of piperidine rings is 1. The van der Waals surface area contributed by atoms with Crippen molar-refractivity contribution >= 4 is 0 Å². The van der Waals surface area contributed by atoms with Crippen LogP contribution in [-0.2, 0) is 17.8 Å². The summed E-state index contributed by atoms with van der Waals surface area (Å²) in [7, 11) is 1.78. The molecule has 1 aromatic heterocycles. The number of nitrogens with zero attached hydrogens (tertiary/aromatic N) is 3. The minimum atomic E-state index is 0.779. The molecule has 21 heavy (non-hydrogen) atoms. The molecule has 0 radical (unpaired) electrons. The van der Waals surface area contributed by atoms with Gasteiger partial charge in [-0.15, -0.1) is 0 Å². The van der Waals surface area contributed by atoms with Crippen LogP contribution in [0.25, 0.3) is 0 Å². The summed E-state index contributed by atoms with van der Waals surface area (Å²) in [5.41, 5.74) is 2.05. The molecule has 116 valence electrons. The van der Waals surface area contributed by atoms with Crippen molar-refractivity contribution in [1.29, 1.82) is 5.26 Å². The van der Waals surface area contributed by atoms with E-state index in [0.29, 0.717) is 0 Å². The molecular formula is C17H27N3O. The van der Waals surface area contributed by atoms with E-state index in [9.17, 15) is 0 Å². The van der Waals surface area contributed by atoms with Crippen LogP contribution in [0.1, 0.15) is 43.9 Å². The van der Waals surface area contributed by atoms with Crippen molar-refractivity contribution in [2.24, 2.45) is 5.92 Å². The Hall–Kier alpha value is -1.31. The maximum absolute atomic E-state index is 9.13. The van der Waals surface area contributed by atoms with Crippen LogP contribution < -0.4 is 0 Å². The lowest BCUT2D eigenvalue weighted by Crippen LogP contribution is -2.34. The maximum atomic E-state index is 9.13. The number of aryl methyl sites for hydroxylation is 1. The highest BCUT2D eigenvalue weighted by Crippen LogP contribution is 2.23. The number of hydrogen-bond acceptors (Lipinski definition) is 3. The van der Waals surface area contributed by atoms with Gasteiger partial charge < -0.3 is 9.30 Å². The largest absolute Gasteiger partial charge is 0.385 e. The summed E-state index contributed by atoms with van der Waals surface area (Å²) < 4.78 is 7.19. The molecule has 1 aromatic rings. The third-order valence-electron chi connectivity index (χ3n) is 4.38. The molecule has 1 saturated heterocycles. The van der Waals surface area contributed by atoms with Gasteiger partial charge >= 0.3 is 0 Å². The number of methoxy groups -OCH3 is 1. The van der Waals surface area contributed by atoms with E-state index >= 15 is 0 Å². The minimum Gasteiger partial charge on any atom is -0.385 e. The third-order valence-corrected chi connectivity index (χ3v) is 4.38. The highest BCUT2D eigenvalue weighted by molar-refractivity contribution is 5.28. The van der Waals surface area contributed by atoms with Gasteiger partial charge in [0.15, 0.2) is 0 Å². The lowest BCUT2D eigenvalue weighted by Gasteiger charge is -2.32. The Morgan fingerprint density at radius 1 is 1.48 bits per heavy atom. The molecular weight excluding hydrogens is 262 g/mol. The fourth-order valence-corrected chi connectivity index (χ4v) is 3.32. The second kappa shape index (κ2) is 8.21. The van der Waals surface area contributed by atoms with Crippen LogP contribution in [-0.4, -0.2) is 36.3 Å². The van der Waals surface area contributed by atoms with Crippen molar-refractivity contribution in [2.75, 3.05) is 26.8 Å². The van der Waals surface area contributed by atoms with Crippen molar-refractivity contribution < 1.29 is 4.74 Å². The van der Waals surface area contributed by atoms with Crippen LogP contribution in [0.15, 0.2) is 12.3 Å². The molecule has 0 spiro atoms. The van der Waals surface area contributed by atoms with Crippen LogP contribution in [0, 0.1) is 17.2 Å². The van der Waals surface area contributed by atoms with Gasteiger partial charge in [-0.2, -0.15) is 5.26 Å². The van der Waals surface area contributed by atoms with E-state index in [1.807, 2.05) is 10.6 Å². The number of rotatable bonds is 7. The molecule has 1 aliphatic heterocycles. The summed E-state index contributed by atoms with van der Waals surface area (Å²) in [4.78, 5) is 2.54. The first kappa shape index (κ1) is 16.1. The number of hydrogen-bond donors (Lipinski definition) is 0. The van der Waals surface area contributed by atoms with Gasteiger partial charge in [0.25, 0.3) is 0 Å². The van der Waals surface area contributed by atoms with Crippen LogP contribution in [0.5, 0.6) is 0 Å². The van der Waals surface area contributed by atoms with Crippen LogP contribution in [0.3, 0.4) is 0 Å². The minimum absolute atomic E-state index is 0.779. The van der Waals surface area contributed by atoms with Crippen molar-refractivity contribution in [2.45, 2.75) is 45.7 Å². The van der Waals surface area contributed by atoms with Gasteiger partial charge in [-0.25, -0.2) is 0 Å². The SMILES string of the molecule is CCn1cc(CN2CCC[C@H](CCCOC)C2)cc1C#N. The predicted molar refractivity (Wildman–Crippen MR) is 83.9 cm³/mol. The van der Waals surface area contributed by atoms with Crippen molar-refractivity contribution in [3.8, 4) is 6.07 Å². The molecule has 2 heterocycles. The topological polar surface area (TPSA) is 41.2 Å². The highest BCUT2D eigenvalue weighted by Gasteiger charge is 2.20. The number of likely N-dealkylation sites (tertiary alicyclic amines) is 1. The molecule has 0 aromatic carbocycles. The molecule has 0 saturated carbocycles. The summed E-state index contributed by atoms with van der Waals surface area (Å²) >= 11 is 0. The lowest BCUT2D eigenvalue weighted by atomic mass is 9.93. The zero-order chi connectivity index (χ0) is 15.1. The zero-order valence-corrected chi connectivity index (χ0v) is 13.3. The predicted octanol–water partition coefficient (Wildman–Crippen LogP) is 3.02. The standard InChI is InChI=1S/C17H27N3O/c1-3-20-14-16(10-17(20)11-18)13-19-8-4-6-15(12-19)7-5-9-21-2/h10,14-15H,3-9,12-13H2,1-2H3/t15-/m1/s1. The van der Waals surface area contributed by atoms with Gasteiger partial charge in [0.05, 0.1) is 0 Å². The number of ether oxygens (including phenoxy) is 1. The van der Waals surface area contributed by atoms with Gasteiger partial charge in [0.2, 0.25) is 0 Å². The molecule has 0 amide bonds. The van der Waals surface area contributed by atoms with Gasteiger partial charge in [-0.3, -0.25) is 4.90 Å². The third kappa shape index (κ3) is 4.59. The summed E-state index contributed by atoms with van der Waals surface area (Å²) in [5, 5.41) is 9.13. The molecule has 0 N–H and O–H groups in total. The van der Waals surface area contributed by atoms with E-state index in [4.69, 9.17) is 10.00 Å². The Balaban J connectivity index is 1.87. The second-order valence-electron chi connectivity index (χ2n) is 6.01. The van der Waals surface area contributed by atoms with Crippen molar-refractivity contribution in [3.63, 3.8) is 0 Å². The fourth-order valence-electron chi connectivity index (χ4n) is 3.32. The van der Waals surface area contributed by atoms with Gasteiger partial charge in [0.1, 0.15) is 11.8 Å². The molecule has 0 aliphatic carbocycles. The Bertz CT molecular complexity index is 475. The molecule has 1 aliphatic rings. The summed E-state index contributed by atoms with van der Waals surface area (Å²) in [6.45, 7) is 7.16. The fraction of sp³-hybridized carbons (Fsp3) is 0.706. The second-order valence-corrected chi connectivity index (χ2v) is 6.01. The summed E-state index contributed by atoms with van der Waals surface area (Å²) in [6.07, 6.45) is 7.20. The average molecular weight is 289 g/mol. The monoisotopic (exact) mass is 289 g/mol. The average Bonchev–Trinajstić information content (AvgIpc) is 2.90. The first-order valence-electron chi connectivity index (χ1n) is 8.07. The van der Waals surface area contributed by atoms with E-state index in [1.54, 1.807) is 7.11 Å². The molecule has 4 heteroatoms. The van der Waals surface area contributed by atoms with E-state index < -0.39 is 0 Å². The normalized spacial score (nSPS) is 19.6. The number of aromatic nitrogens is 1. The van der Waals surface area contributed by atoms with Crippen molar-refractivity contribution in [1.82, 2.24) is 9.47 Å². The van der Waals surface area contributed by atoms with E-state index in [0.717, 1.165) is 31.3 Å². The molecule has 0 unspecified atom stereocenters. The Labute approximate surface area is 128 Å². The Morgan fingerprint density at radius 3 is 3.00 bits per heavy atom. The Morgan fingerprint density at radius 2 is 2.33 bits per heavy atom. The van der Waals surface area contributed by atoms with Crippen LogP contribution in [0.4, 0.5) is 0 Å². The first-order valence-corrected chi connectivity index (χ1v) is 8.07. The van der Waals surface area contributed by atoms with Crippen LogP contribution in [0.2, 0.25) is 0 Å². The molecule has 4 nitrogen and oxygen atoms in total. The Kier molecular flexibility index (Phi) is 6.28. The highest BCUT2D eigenvalue weighted by atomic mass is 16.5. The van der Waals surface area contributed by atoms with Gasteiger partial charge in [0, 0.05) is 39.5 Å². The maximum Gasteiger partial charge on any atom is 0.120 e. The number of nitriles is 1. The molecule has 1 atom stereocenters. The quantitative estimate of drug-likeness (QED) is 0.725. The van der Waals surface area contributed by atoms with E-state index in [1.165, 1.54) is 44.3 Å². The first-order chi connectivity index (χ1) is 10.3. The van der Waals surface area contributed by atoms with Crippen molar-refractivity contribution in [3.05, 3.63) is 23.5 Å². The van der Waals surface area contributed by atoms with Crippen LogP contribution >= 0.6 is 0 Å². The van der Waals surface area contributed by atoms with Gasteiger partial charge in [-0.05, 0) is 56.7 Å². The zero-order valence-electron chi connectivity index (χ0n) is 13.3. The molecule has 0 bridgehead atoms. The molecule has 2 rings (SSSR count). The molecule has 1 fully saturated rings. The van der Waals surface area contributed by atoms with Gasteiger partial charge in [-0.1, -0.05) is 0 Å².